The number of H-pyrrole nitrogens is 1. The molecule has 0 radical (unpaired) electrons. The molecule has 0 bridgehead atoms. The molecule has 0 aliphatic rings. The number of rotatable bonds is 5. The second-order valence-electron chi connectivity index (χ2n) is 4.22. The Hall–Kier alpha value is -1.40. The lowest BCUT2D eigenvalue weighted by Gasteiger charge is -2.10. The molecule has 92 valence electrons. The molecule has 0 unspecified atom stereocenters. The molecular formula is C11H16N4OS. The Morgan fingerprint density at radius 1 is 1.59 bits per heavy atom. The van der Waals surface area contributed by atoms with Gasteiger partial charge in [0.25, 0.3) is 0 Å². The van der Waals surface area contributed by atoms with Crippen molar-refractivity contribution in [2.24, 2.45) is 0 Å². The van der Waals surface area contributed by atoms with Gasteiger partial charge in [0.2, 0.25) is 0 Å². The number of nitrogens with one attached hydrogen (secondary N) is 2. The molecule has 2 rings (SSSR count). The van der Waals surface area contributed by atoms with Crippen molar-refractivity contribution >= 4 is 11.3 Å². The average molecular weight is 252 g/mol. The van der Waals surface area contributed by atoms with Gasteiger partial charge < -0.3 is 14.9 Å². The number of hydrogen-bond donors (Lipinski definition) is 2. The summed E-state index contributed by atoms with van der Waals surface area (Å²) in [6, 6.07) is 0.444. The van der Waals surface area contributed by atoms with Gasteiger partial charge in [0.1, 0.15) is 0 Å². The van der Waals surface area contributed by atoms with Crippen molar-refractivity contribution in [3.8, 4) is 0 Å². The molecule has 6 heteroatoms. The summed E-state index contributed by atoms with van der Waals surface area (Å²) in [7, 11) is 0. The van der Waals surface area contributed by atoms with Gasteiger partial charge >= 0.3 is 4.87 Å². The third-order valence-electron chi connectivity index (χ3n) is 2.40. The average Bonchev–Trinajstić information content (AvgIpc) is 2.86. The maximum atomic E-state index is 11.0. The predicted molar refractivity (Wildman–Crippen MR) is 68.2 cm³/mol. The summed E-state index contributed by atoms with van der Waals surface area (Å²) in [5.41, 5.74) is 2.04. The molecule has 0 aliphatic carbocycles. The van der Waals surface area contributed by atoms with E-state index in [2.05, 4.69) is 29.1 Å². The van der Waals surface area contributed by atoms with Gasteiger partial charge in [-0.05, 0) is 0 Å². The topological polar surface area (TPSA) is 62.7 Å². The fraction of sp³-hybridized carbons (Fsp3) is 0.455. The number of thiazole rings is 1. The van der Waals surface area contributed by atoms with Crippen LogP contribution in [0.15, 0.2) is 22.7 Å². The number of hydrogen-bond acceptors (Lipinski definition) is 4. The minimum atomic E-state index is -0.0121. The quantitative estimate of drug-likeness (QED) is 0.840. The zero-order valence-corrected chi connectivity index (χ0v) is 10.8. The standard InChI is InChI=1S/C11H16N4OS/c1-8(2)13-4-10-3-12-7-15(10)5-9-6-17-11(16)14-9/h3,6-8,13H,4-5H2,1-2H3,(H,14,16). The van der Waals surface area contributed by atoms with E-state index in [0.29, 0.717) is 12.6 Å². The van der Waals surface area contributed by atoms with E-state index in [0.717, 1.165) is 17.9 Å². The van der Waals surface area contributed by atoms with Crippen LogP contribution in [0.3, 0.4) is 0 Å². The highest BCUT2D eigenvalue weighted by molar-refractivity contribution is 7.07. The Morgan fingerprint density at radius 3 is 3.06 bits per heavy atom. The van der Waals surface area contributed by atoms with E-state index in [4.69, 9.17) is 0 Å². The van der Waals surface area contributed by atoms with Crippen LogP contribution in [0.1, 0.15) is 25.2 Å². The molecule has 2 aromatic heterocycles. The molecule has 17 heavy (non-hydrogen) atoms. The second-order valence-corrected chi connectivity index (χ2v) is 5.06. The first kappa shape index (κ1) is 12.1. The van der Waals surface area contributed by atoms with Crippen LogP contribution in [0, 0.1) is 0 Å². The smallest absolute Gasteiger partial charge is 0.304 e. The first-order valence-corrected chi connectivity index (χ1v) is 6.42. The van der Waals surface area contributed by atoms with Crippen molar-refractivity contribution in [3.63, 3.8) is 0 Å². The van der Waals surface area contributed by atoms with Crippen molar-refractivity contribution in [3.05, 3.63) is 39.0 Å². The predicted octanol–water partition coefficient (Wildman–Crippen LogP) is 1.18. The summed E-state index contributed by atoms with van der Waals surface area (Å²) >= 11 is 1.19. The first-order valence-electron chi connectivity index (χ1n) is 5.54. The molecule has 2 aromatic rings. The van der Waals surface area contributed by atoms with Crippen LogP contribution in [0.25, 0.3) is 0 Å². The molecule has 2 N–H and O–H groups in total. The Balaban J connectivity index is 2.06. The number of nitrogens with zero attached hydrogens (tertiary/aromatic N) is 2. The van der Waals surface area contributed by atoms with Crippen LogP contribution < -0.4 is 10.2 Å². The van der Waals surface area contributed by atoms with Crippen LogP contribution >= 0.6 is 11.3 Å². The van der Waals surface area contributed by atoms with E-state index in [9.17, 15) is 4.79 Å². The molecule has 0 amide bonds. The van der Waals surface area contributed by atoms with Crippen LogP contribution in [-0.4, -0.2) is 20.6 Å². The van der Waals surface area contributed by atoms with Crippen LogP contribution in [0.5, 0.6) is 0 Å². The summed E-state index contributed by atoms with van der Waals surface area (Å²) < 4.78 is 2.04. The van der Waals surface area contributed by atoms with Crippen molar-refractivity contribution in [1.29, 1.82) is 0 Å². The fourth-order valence-electron chi connectivity index (χ4n) is 1.52. The summed E-state index contributed by atoms with van der Waals surface area (Å²) in [5.74, 6) is 0. The summed E-state index contributed by atoms with van der Waals surface area (Å²) in [5, 5.41) is 5.20. The highest BCUT2D eigenvalue weighted by Crippen LogP contribution is 2.04. The number of aromatic nitrogens is 3. The molecule has 0 saturated carbocycles. The van der Waals surface area contributed by atoms with Gasteiger partial charge in [-0.1, -0.05) is 25.2 Å². The zero-order chi connectivity index (χ0) is 12.3. The van der Waals surface area contributed by atoms with Gasteiger partial charge in [-0.15, -0.1) is 0 Å². The maximum absolute atomic E-state index is 11.0. The molecule has 0 fully saturated rings. The van der Waals surface area contributed by atoms with Crippen molar-refractivity contribution in [2.75, 3.05) is 0 Å². The van der Waals surface area contributed by atoms with E-state index >= 15 is 0 Å². The van der Waals surface area contributed by atoms with Gasteiger partial charge in [0.05, 0.1) is 18.6 Å². The largest absolute Gasteiger partial charge is 0.327 e. The monoisotopic (exact) mass is 252 g/mol. The number of imidazole rings is 1. The molecule has 0 spiro atoms. The minimum absolute atomic E-state index is 0.0121. The lowest BCUT2D eigenvalue weighted by molar-refractivity contribution is 0.563. The van der Waals surface area contributed by atoms with Crippen LogP contribution in [0.4, 0.5) is 0 Å². The highest BCUT2D eigenvalue weighted by Gasteiger charge is 2.04. The zero-order valence-electron chi connectivity index (χ0n) is 9.93. The second kappa shape index (κ2) is 5.29. The van der Waals surface area contributed by atoms with Gasteiger partial charge in [-0.25, -0.2) is 4.98 Å². The molecule has 0 saturated heterocycles. The Kier molecular flexibility index (Phi) is 3.75. The van der Waals surface area contributed by atoms with Gasteiger partial charge in [0.15, 0.2) is 0 Å². The molecule has 2 heterocycles. The maximum Gasteiger partial charge on any atom is 0.304 e. The van der Waals surface area contributed by atoms with Gasteiger partial charge in [-0.3, -0.25) is 4.79 Å². The number of aromatic amines is 1. The molecule has 0 aromatic carbocycles. The summed E-state index contributed by atoms with van der Waals surface area (Å²) in [4.78, 5) is 18.0. The van der Waals surface area contributed by atoms with E-state index in [1.807, 2.05) is 16.1 Å². The molecule has 5 nitrogen and oxygen atoms in total. The third-order valence-corrected chi connectivity index (χ3v) is 3.12. The van der Waals surface area contributed by atoms with E-state index in [1.54, 1.807) is 6.33 Å². The van der Waals surface area contributed by atoms with Gasteiger partial charge in [0, 0.05) is 29.9 Å². The van der Waals surface area contributed by atoms with Gasteiger partial charge in [-0.2, -0.15) is 0 Å². The highest BCUT2D eigenvalue weighted by atomic mass is 32.1. The minimum Gasteiger partial charge on any atom is -0.327 e. The molecular weight excluding hydrogens is 236 g/mol. The van der Waals surface area contributed by atoms with Crippen molar-refractivity contribution < 1.29 is 0 Å². The lowest BCUT2D eigenvalue weighted by atomic mass is 10.3. The summed E-state index contributed by atoms with van der Waals surface area (Å²) in [6.45, 7) is 5.66. The Labute approximate surface area is 104 Å². The normalized spacial score (nSPS) is 11.2. The fourth-order valence-corrected chi connectivity index (χ4v) is 2.09. The van der Waals surface area contributed by atoms with E-state index in [-0.39, 0.29) is 4.87 Å². The Bertz CT molecular complexity index is 525. The molecule has 0 atom stereocenters. The molecule has 0 aliphatic heterocycles. The van der Waals surface area contributed by atoms with E-state index in [1.165, 1.54) is 11.3 Å². The summed E-state index contributed by atoms with van der Waals surface area (Å²) in [6.07, 6.45) is 3.63. The lowest BCUT2D eigenvalue weighted by Crippen LogP contribution is -2.23. The van der Waals surface area contributed by atoms with Crippen molar-refractivity contribution in [2.45, 2.75) is 33.0 Å². The van der Waals surface area contributed by atoms with Crippen molar-refractivity contribution in [1.82, 2.24) is 19.9 Å². The van der Waals surface area contributed by atoms with Crippen LogP contribution in [-0.2, 0) is 13.1 Å². The van der Waals surface area contributed by atoms with E-state index < -0.39 is 0 Å². The third kappa shape index (κ3) is 3.28. The SMILES string of the molecule is CC(C)NCc1cncn1Cc1csc(=O)[nH]1. The Morgan fingerprint density at radius 2 is 2.41 bits per heavy atom. The van der Waals surface area contributed by atoms with Crippen LogP contribution in [0.2, 0.25) is 0 Å². The first-order chi connectivity index (χ1) is 8.15.